The van der Waals surface area contributed by atoms with E-state index in [1.54, 1.807) is 10.9 Å². The molecule has 0 bridgehead atoms. The van der Waals surface area contributed by atoms with Crippen molar-refractivity contribution in [2.24, 2.45) is 0 Å². The van der Waals surface area contributed by atoms with Gasteiger partial charge in [0.15, 0.2) is 5.82 Å². The fourth-order valence-corrected chi connectivity index (χ4v) is 2.93. The highest BCUT2D eigenvalue weighted by Crippen LogP contribution is 2.30. The van der Waals surface area contributed by atoms with Crippen molar-refractivity contribution in [3.05, 3.63) is 66.4 Å². The summed E-state index contributed by atoms with van der Waals surface area (Å²) in [6.07, 6.45) is 2.78. The number of hydrogen-bond acceptors (Lipinski definition) is 5. The first-order valence-electron chi connectivity index (χ1n) is 8.38. The molecule has 0 aliphatic carbocycles. The molecule has 0 saturated heterocycles. The van der Waals surface area contributed by atoms with Crippen molar-refractivity contribution < 1.29 is 9.18 Å². The topological polar surface area (TPSA) is 75.9 Å². The molecule has 3 aromatic heterocycles. The Kier molecular flexibility index (Phi) is 4.15. The maximum absolute atomic E-state index is 13.0. The molecular formula is C19H17FN6O. The molecule has 27 heavy (non-hydrogen) atoms. The van der Waals surface area contributed by atoms with Gasteiger partial charge in [-0.25, -0.2) is 14.4 Å². The molecule has 7 nitrogen and oxygen atoms in total. The van der Waals surface area contributed by atoms with Crippen LogP contribution in [0, 0.1) is 5.82 Å². The molecule has 0 spiro atoms. The summed E-state index contributed by atoms with van der Waals surface area (Å²) in [5.74, 6) is 1.10. The molecule has 8 heteroatoms. The Morgan fingerprint density at radius 3 is 2.93 bits per heavy atom. The zero-order valence-corrected chi connectivity index (χ0v) is 14.7. The zero-order valence-electron chi connectivity index (χ0n) is 14.7. The molecule has 0 atom stereocenters. The number of carbonyl (C=O) groups is 1. The van der Waals surface area contributed by atoms with Crippen molar-refractivity contribution in [2.75, 3.05) is 16.8 Å². The molecule has 4 rings (SSSR count). The van der Waals surface area contributed by atoms with Gasteiger partial charge in [-0.1, -0.05) is 12.6 Å². The summed E-state index contributed by atoms with van der Waals surface area (Å²) >= 11 is 0. The minimum atomic E-state index is -0.454. The van der Waals surface area contributed by atoms with Crippen molar-refractivity contribution >= 4 is 23.1 Å². The normalized spacial score (nSPS) is 12.3. The van der Waals surface area contributed by atoms with Crippen molar-refractivity contribution in [2.45, 2.75) is 13.5 Å². The third-order valence-corrected chi connectivity index (χ3v) is 4.21. The fraction of sp³-hybridized carbons (Fsp3) is 0.158. The number of carbonyl (C=O) groups excluding carboxylic acids is 1. The molecule has 4 heterocycles. The zero-order chi connectivity index (χ0) is 19.0. The van der Waals surface area contributed by atoms with E-state index in [1.165, 1.54) is 12.1 Å². The van der Waals surface area contributed by atoms with Gasteiger partial charge < -0.3 is 10.2 Å². The first-order valence-corrected chi connectivity index (χ1v) is 8.38. The summed E-state index contributed by atoms with van der Waals surface area (Å²) in [5, 5.41) is 7.25. The molecule has 0 fully saturated rings. The quantitative estimate of drug-likeness (QED) is 0.770. The van der Waals surface area contributed by atoms with Gasteiger partial charge in [-0.3, -0.25) is 4.79 Å². The highest BCUT2D eigenvalue weighted by Gasteiger charge is 2.26. The SMILES string of the molecule is C=C(C)c1cc2n(n1)-c1ncccc1CN2CC(=O)Nc1ccc(F)cn1. The van der Waals surface area contributed by atoms with Crippen LogP contribution in [0.5, 0.6) is 0 Å². The molecule has 1 amide bonds. The first kappa shape index (κ1) is 16.9. The maximum atomic E-state index is 13.0. The van der Waals surface area contributed by atoms with Crippen molar-refractivity contribution in [1.82, 2.24) is 19.7 Å². The number of aromatic nitrogens is 4. The molecule has 136 valence electrons. The lowest BCUT2D eigenvalue weighted by Crippen LogP contribution is -2.37. The summed E-state index contributed by atoms with van der Waals surface area (Å²) < 4.78 is 14.7. The van der Waals surface area contributed by atoms with Crippen LogP contribution in [0.3, 0.4) is 0 Å². The average molecular weight is 364 g/mol. The van der Waals surface area contributed by atoms with E-state index in [4.69, 9.17) is 0 Å². The monoisotopic (exact) mass is 364 g/mol. The lowest BCUT2D eigenvalue weighted by molar-refractivity contribution is -0.115. The third kappa shape index (κ3) is 3.29. The van der Waals surface area contributed by atoms with Gasteiger partial charge in [0, 0.05) is 24.4 Å². The number of fused-ring (bicyclic) bond motifs is 3. The molecule has 0 aromatic carbocycles. The van der Waals surface area contributed by atoms with Crippen LogP contribution in [0.1, 0.15) is 18.2 Å². The summed E-state index contributed by atoms with van der Waals surface area (Å²) in [4.78, 5) is 22.7. The molecular weight excluding hydrogens is 347 g/mol. The van der Waals surface area contributed by atoms with E-state index in [1.807, 2.05) is 30.0 Å². The lowest BCUT2D eigenvalue weighted by atomic mass is 10.2. The number of anilines is 2. The minimum Gasteiger partial charge on any atom is -0.343 e. The van der Waals surface area contributed by atoms with Crippen molar-refractivity contribution in [3.63, 3.8) is 0 Å². The largest absolute Gasteiger partial charge is 0.343 e. The molecule has 3 aromatic rings. The van der Waals surface area contributed by atoms with Gasteiger partial charge in [-0.15, -0.1) is 0 Å². The standard InChI is InChI=1S/C19H17FN6O/c1-12(2)15-8-18-25(10-13-4-3-7-21-19(13)26(18)24-15)11-17(27)23-16-6-5-14(20)9-22-16/h3-9H,1,10-11H2,2H3,(H,22,23,27). The van der Waals surface area contributed by atoms with Gasteiger partial charge in [0.25, 0.3) is 0 Å². The van der Waals surface area contributed by atoms with Crippen LogP contribution < -0.4 is 10.2 Å². The van der Waals surface area contributed by atoms with E-state index in [0.29, 0.717) is 12.4 Å². The molecule has 0 saturated carbocycles. The van der Waals surface area contributed by atoms with E-state index in [2.05, 4.69) is 27.0 Å². The van der Waals surface area contributed by atoms with Gasteiger partial charge in [0.05, 0.1) is 18.4 Å². The van der Waals surface area contributed by atoms with Crippen LogP contribution in [0.4, 0.5) is 16.0 Å². The second kappa shape index (κ2) is 6.64. The number of hydrogen-bond donors (Lipinski definition) is 1. The Bertz CT molecular complexity index is 1030. The summed E-state index contributed by atoms with van der Waals surface area (Å²) in [7, 11) is 0. The Balaban J connectivity index is 1.61. The van der Waals surface area contributed by atoms with Gasteiger partial charge in [0.2, 0.25) is 5.91 Å². The van der Waals surface area contributed by atoms with Gasteiger partial charge in [-0.05, 0) is 30.7 Å². The smallest absolute Gasteiger partial charge is 0.245 e. The number of pyridine rings is 2. The second-order valence-electron chi connectivity index (χ2n) is 6.33. The Morgan fingerprint density at radius 1 is 1.33 bits per heavy atom. The van der Waals surface area contributed by atoms with Crippen molar-refractivity contribution in [1.29, 1.82) is 0 Å². The average Bonchev–Trinajstić information content (AvgIpc) is 3.10. The first-order chi connectivity index (χ1) is 13.0. The number of allylic oxidation sites excluding steroid dienone is 1. The van der Waals surface area contributed by atoms with Gasteiger partial charge >= 0.3 is 0 Å². The predicted molar refractivity (Wildman–Crippen MR) is 99.9 cm³/mol. The van der Waals surface area contributed by atoms with Crippen LogP contribution in [0.25, 0.3) is 11.4 Å². The number of halogens is 1. The van der Waals surface area contributed by atoms with Crippen molar-refractivity contribution in [3.8, 4) is 5.82 Å². The van der Waals surface area contributed by atoms with E-state index in [-0.39, 0.29) is 12.5 Å². The van der Waals surface area contributed by atoms with Gasteiger partial charge in [0.1, 0.15) is 17.5 Å². The van der Waals surface area contributed by atoms with Gasteiger partial charge in [-0.2, -0.15) is 9.78 Å². The van der Waals surface area contributed by atoms with E-state index in [9.17, 15) is 9.18 Å². The Hall–Kier alpha value is -3.55. The third-order valence-electron chi connectivity index (χ3n) is 4.21. The summed E-state index contributed by atoms with van der Waals surface area (Å²) in [6, 6.07) is 8.38. The lowest BCUT2D eigenvalue weighted by Gasteiger charge is -2.29. The van der Waals surface area contributed by atoms with Crippen LogP contribution in [-0.4, -0.2) is 32.2 Å². The van der Waals surface area contributed by atoms with Crippen LogP contribution in [0.2, 0.25) is 0 Å². The Morgan fingerprint density at radius 2 is 2.19 bits per heavy atom. The van der Waals surface area contributed by atoms with E-state index < -0.39 is 5.82 Å². The van der Waals surface area contributed by atoms with Crippen LogP contribution >= 0.6 is 0 Å². The molecule has 0 radical (unpaired) electrons. The highest BCUT2D eigenvalue weighted by atomic mass is 19.1. The molecule has 1 aliphatic heterocycles. The van der Waals surface area contributed by atoms with E-state index >= 15 is 0 Å². The molecule has 1 N–H and O–H groups in total. The van der Waals surface area contributed by atoms with Crippen LogP contribution in [-0.2, 0) is 11.3 Å². The summed E-state index contributed by atoms with van der Waals surface area (Å²) in [5.41, 5.74) is 2.54. The number of nitrogens with one attached hydrogen (secondary N) is 1. The predicted octanol–water partition coefficient (Wildman–Crippen LogP) is 2.79. The number of rotatable bonds is 4. The number of nitrogens with zero attached hydrogens (tertiary/aromatic N) is 5. The van der Waals surface area contributed by atoms with Crippen LogP contribution in [0.15, 0.2) is 49.3 Å². The highest BCUT2D eigenvalue weighted by molar-refractivity contribution is 5.93. The molecule has 0 unspecified atom stereocenters. The summed E-state index contributed by atoms with van der Waals surface area (Å²) in [6.45, 7) is 6.44. The second-order valence-corrected chi connectivity index (χ2v) is 6.33. The number of amides is 1. The van der Waals surface area contributed by atoms with E-state index in [0.717, 1.165) is 34.7 Å². The maximum Gasteiger partial charge on any atom is 0.245 e. The minimum absolute atomic E-state index is 0.0920. The molecule has 1 aliphatic rings. The Labute approximate surface area is 155 Å². The fourth-order valence-electron chi connectivity index (χ4n) is 2.93.